The third kappa shape index (κ3) is 6.32. The number of anilines is 2. The summed E-state index contributed by atoms with van der Waals surface area (Å²) in [6.07, 6.45) is 0.421. The molecule has 0 spiro atoms. The van der Waals surface area contributed by atoms with E-state index in [2.05, 4.69) is 15.3 Å². The van der Waals surface area contributed by atoms with Crippen LogP contribution in [0.25, 0.3) is 22.0 Å². The number of hydrogen-bond acceptors (Lipinski definition) is 6. The molecule has 2 N–H and O–H groups in total. The first-order chi connectivity index (χ1) is 19.5. The number of aliphatic carboxylic acids is 1. The van der Waals surface area contributed by atoms with E-state index in [1.165, 1.54) is 18.2 Å². The van der Waals surface area contributed by atoms with Crippen LogP contribution >= 0.6 is 0 Å². The molecule has 9 heteroatoms. The SMILES string of the molecule is O=C(O)CCCOc1cccc2c(Nc3nc(OCc4c(F)cccc4F)cc(-c4ccccc4)n3)cccc12. The molecule has 4 aromatic carbocycles. The lowest BCUT2D eigenvalue weighted by molar-refractivity contribution is -0.137. The zero-order chi connectivity index (χ0) is 27.9. The van der Waals surface area contributed by atoms with Crippen molar-refractivity contribution in [1.29, 1.82) is 0 Å². The smallest absolute Gasteiger partial charge is 0.303 e. The molecule has 0 fully saturated rings. The molecule has 0 saturated heterocycles. The van der Waals surface area contributed by atoms with E-state index in [-0.39, 0.29) is 37.0 Å². The average Bonchev–Trinajstić information content (AvgIpc) is 2.96. The number of hydrogen-bond donors (Lipinski definition) is 2. The Kier molecular flexibility index (Phi) is 8.10. The highest BCUT2D eigenvalue weighted by Crippen LogP contribution is 2.33. The highest BCUT2D eigenvalue weighted by Gasteiger charge is 2.14. The van der Waals surface area contributed by atoms with Gasteiger partial charge in [0.15, 0.2) is 0 Å². The summed E-state index contributed by atoms with van der Waals surface area (Å²) in [5, 5.41) is 13.8. The van der Waals surface area contributed by atoms with Gasteiger partial charge in [-0.15, -0.1) is 0 Å². The molecule has 0 amide bonds. The van der Waals surface area contributed by atoms with Gasteiger partial charge in [0, 0.05) is 34.5 Å². The number of nitrogens with one attached hydrogen (secondary N) is 1. The van der Waals surface area contributed by atoms with Crippen LogP contribution in [0.2, 0.25) is 0 Å². The Bertz CT molecular complexity index is 1630. The van der Waals surface area contributed by atoms with E-state index in [9.17, 15) is 13.6 Å². The Labute approximate surface area is 229 Å². The number of nitrogens with zero attached hydrogens (tertiary/aromatic N) is 2. The first kappa shape index (κ1) is 26.6. The second-order valence-corrected chi connectivity index (χ2v) is 8.90. The zero-order valence-electron chi connectivity index (χ0n) is 21.3. The standard InChI is InChI=1S/C31H25F2N3O4/c32-24-12-6-13-25(33)23(24)19-40-29-18-27(20-8-2-1-3-9-20)35-31(36-29)34-26-14-4-11-22-21(26)10-5-15-28(22)39-17-7-16-30(37)38/h1-6,8-15,18H,7,16-17,19H2,(H,37,38)(H,34,35,36). The van der Waals surface area contributed by atoms with Gasteiger partial charge in [0.1, 0.15) is 24.0 Å². The van der Waals surface area contributed by atoms with Crippen molar-refractivity contribution in [3.05, 3.63) is 108 Å². The predicted molar refractivity (Wildman–Crippen MR) is 148 cm³/mol. The topological polar surface area (TPSA) is 93.6 Å². The fourth-order valence-corrected chi connectivity index (χ4v) is 4.17. The summed E-state index contributed by atoms with van der Waals surface area (Å²) in [5.74, 6) is -1.28. The van der Waals surface area contributed by atoms with Crippen LogP contribution in [0.3, 0.4) is 0 Å². The summed E-state index contributed by atoms with van der Waals surface area (Å²) in [6.45, 7) is -0.0748. The van der Waals surface area contributed by atoms with Crippen LogP contribution in [0.4, 0.5) is 20.4 Å². The van der Waals surface area contributed by atoms with Crippen LogP contribution in [0, 0.1) is 11.6 Å². The maximum atomic E-state index is 14.2. The third-order valence-electron chi connectivity index (χ3n) is 6.12. The Morgan fingerprint density at radius 2 is 1.55 bits per heavy atom. The minimum absolute atomic E-state index is 0.0284. The first-order valence-electron chi connectivity index (χ1n) is 12.6. The average molecular weight is 542 g/mol. The maximum absolute atomic E-state index is 14.2. The molecule has 40 heavy (non-hydrogen) atoms. The van der Waals surface area contributed by atoms with E-state index in [1.807, 2.05) is 66.7 Å². The largest absolute Gasteiger partial charge is 0.493 e. The number of carboxylic acids is 1. The fraction of sp³-hybridized carbons (Fsp3) is 0.129. The Morgan fingerprint density at radius 3 is 2.33 bits per heavy atom. The summed E-state index contributed by atoms with van der Waals surface area (Å²) in [5.41, 5.74) is 1.88. The number of benzene rings is 4. The van der Waals surface area contributed by atoms with Gasteiger partial charge < -0.3 is 19.9 Å². The molecule has 0 radical (unpaired) electrons. The maximum Gasteiger partial charge on any atom is 0.303 e. The van der Waals surface area contributed by atoms with E-state index >= 15 is 0 Å². The van der Waals surface area contributed by atoms with Gasteiger partial charge in [-0.2, -0.15) is 4.98 Å². The van der Waals surface area contributed by atoms with Crippen LogP contribution < -0.4 is 14.8 Å². The van der Waals surface area contributed by atoms with Crippen molar-refractivity contribution in [3.8, 4) is 22.9 Å². The predicted octanol–water partition coefficient (Wildman–Crippen LogP) is 7.14. The Morgan fingerprint density at radius 1 is 0.825 bits per heavy atom. The lowest BCUT2D eigenvalue weighted by Gasteiger charge is -2.14. The Balaban J connectivity index is 1.45. The van der Waals surface area contributed by atoms with E-state index in [0.29, 0.717) is 23.6 Å². The molecule has 0 unspecified atom stereocenters. The van der Waals surface area contributed by atoms with Crippen molar-refractivity contribution < 1.29 is 28.2 Å². The molecule has 1 aromatic heterocycles. The van der Waals surface area contributed by atoms with E-state index in [4.69, 9.17) is 14.6 Å². The van der Waals surface area contributed by atoms with Crippen molar-refractivity contribution >= 4 is 28.4 Å². The summed E-state index contributed by atoms with van der Waals surface area (Å²) in [7, 11) is 0. The molecular formula is C31H25F2N3O4. The molecule has 1 heterocycles. The van der Waals surface area contributed by atoms with Gasteiger partial charge in [-0.25, -0.2) is 13.8 Å². The monoisotopic (exact) mass is 541 g/mol. The molecule has 202 valence electrons. The summed E-state index contributed by atoms with van der Waals surface area (Å²) in [4.78, 5) is 19.9. The van der Waals surface area contributed by atoms with Crippen LogP contribution in [-0.2, 0) is 11.4 Å². The van der Waals surface area contributed by atoms with Crippen LogP contribution in [0.15, 0.2) is 91.0 Å². The first-order valence-corrected chi connectivity index (χ1v) is 12.6. The number of carboxylic acid groups (broad SMARTS) is 1. The number of aromatic nitrogens is 2. The Hall–Kier alpha value is -5.05. The second kappa shape index (κ2) is 12.2. The molecule has 5 rings (SSSR count). The third-order valence-corrected chi connectivity index (χ3v) is 6.12. The highest BCUT2D eigenvalue weighted by molar-refractivity contribution is 5.98. The van der Waals surface area contributed by atoms with Crippen molar-refractivity contribution in [2.45, 2.75) is 19.4 Å². The molecule has 0 aliphatic carbocycles. The van der Waals surface area contributed by atoms with Crippen LogP contribution in [0.1, 0.15) is 18.4 Å². The van der Waals surface area contributed by atoms with Gasteiger partial charge in [-0.1, -0.05) is 60.7 Å². The van der Waals surface area contributed by atoms with E-state index in [1.54, 1.807) is 6.07 Å². The minimum atomic E-state index is -0.867. The fourth-order valence-electron chi connectivity index (χ4n) is 4.17. The summed E-state index contributed by atoms with van der Waals surface area (Å²) >= 11 is 0. The van der Waals surface area contributed by atoms with Gasteiger partial charge in [-0.05, 0) is 30.7 Å². The molecule has 5 aromatic rings. The van der Waals surface area contributed by atoms with Gasteiger partial charge in [0.2, 0.25) is 11.8 Å². The quantitative estimate of drug-likeness (QED) is 0.172. The number of ether oxygens (including phenoxy) is 2. The van der Waals surface area contributed by atoms with Gasteiger partial charge >= 0.3 is 5.97 Å². The van der Waals surface area contributed by atoms with Crippen molar-refractivity contribution in [3.63, 3.8) is 0 Å². The highest BCUT2D eigenvalue weighted by atomic mass is 19.1. The number of halogens is 2. The van der Waals surface area contributed by atoms with Gasteiger partial charge in [-0.3, -0.25) is 4.79 Å². The summed E-state index contributed by atoms with van der Waals surface area (Å²) in [6, 6.07) is 25.9. The van der Waals surface area contributed by atoms with E-state index < -0.39 is 17.6 Å². The van der Waals surface area contributed by atoms with Crippen molar-refractivity contribution in [2.75, 3.05) is 11.9 Å². The molecular weight excluding hydrogens is 516 g/mol. The number of rotatable bonds is 11. The van der Waals surface area contributed by atoms with Gasteiger partial charge in [0.25, 0.3) is 0 Å². The molecule has 0 atom stereocenters. The minimum Gasteiger partial charge on any atom is -0.493 e. The lowest BCUT2D eigenvalue weighted by Crippen LogP contribution is -2.06. The molecule has 7 nitrogen and oxygen atoms in total. The molecule has 0 saturated carbocycles. The van der Waals surface area contributed by atoms with Gasteiger partial charge in [0.05, 0.1) is 17.9 Å². The van der Waals surface area contributed by atoms with Crippen molar-refractivity contribution in [1.82, 2.24) is 9.97 Å². The normalized spacial score (nSPS) is 10.8. The zero-order valence-corrected chi connectivity index (χ0v) is 21.3. The van der Waals surface area contributed by atoms with Crippen molar-refractivity contribution in [2.24, 2.45) is 0 Å². The number of fused-ring (bicyclic) bond motifs is 1. The van der Waals surface area contributed by atoms with Crippen LogP contribution in [-0.4, -0.2) is 27.7 Å². The molecule has 0 bridgehead atoms. The van der Waals surface area contributed by atoms with E-state index in [0.717, 1.165) is 16.3 Å². The van der Waals surface area contributed by atoms with Crippen LogP contribution in [0.5, 0.6) is 11.6 Å². The second-order valence-electron chi connectivity index (χ2n) is 8.90. The molecule has 0 aliphatic rings. The molecule has 0 aliphatic heterocycles. The number of carbonyl (C=O) groups is 1. The lowest BCUT2D eigenvalue weighted by atomic mass is 10.1. The summed E-state index contributed by atoms with van der Waals surface area (Å²) < 4.78 is 40.0.